The molecule has 0 spiro atoms. The Morgan fingerprint density at radius 1 is 1.61 bits per heavy atom. The second kappa shape index (κ2) is 7.65. The summed E-state index contributed by atoms with van der Waals surface area (Å²) in [5.41, 5.74) is 0. The number of ether oxygens (including phenoxy) is 1. The third-order valence-corrected chi connectivity index (χ3v) is 2.33. The fraction of sp³-hybridized carbons (Fsp3) is 0.727. The van der Waals surface area contributed by atoms with Gasteiger partial charge in [-0.3, -0.25) is 4.68 Å². The fourth-order valence-corrected chi connectivity index (χ4v) is 1.46. The van der Waals surface area contributed by atoms with E-state index in [2.05, 4.69) is 25.7 Å². The van der Waals surface area contributed by atoms with Gasteiger partial charge in [-0.15, -0.1) is 0 Å². The van der Waals surface area contributed by atoms with Crippen molar-refractivity contribution in [3.63, 3.8) is 0 Å². The van der Waals surface area contributed by atoms with Crippen LogP contribution in [0.3, 0.4) is 0 Å². The Morgan fingerprint density at radius 2 is 2.39 bits per heavy atom. The molecule has 7 heteroatoms. The van der Waals surface area contributed by atoms with E-state index < -0.39 is 0 Å². The van der Waals surface area contributed by atoms with Crippen molar-refractivity contribution >= 4 is 5.96 Å². The normalized spacial score (nSPS) is 13.4. The van der Waals surface area contributed by atoms with Crippen molar-refractivity contribution in [1.29, 1.82) is 0 Å². The van der Waals surface area contributed by atoms with Crippen LogP contribution in [0.25, 0.3) is 0 Å². The minimum atomic E-state index is 0.201. The molecule has 0 aliphatic carbocycles. The molecule has 1 unspecified atom stereocenters. The van der Waals surface area contributed by atoms with Gasteiger partial charge in [0.25, 0.3) is 0 Å². The highest BCUT2D eigenvalue weighted by atomic mass is 16.5. The number of aryl methyl sites for hydroxylation is 1. The Morgan fingerprint density at radius 3 is 2.94 bits per heavy atom. The number of aliphatic imine (C=N–C) groups is 1. The maximum atomic E-state index is 5.08. The number of hydrogen-bond acceptors (Lipinski definition) is 4. The van der Waals surface area contributed by atoms with Gasteiger partial charge in [0, 0.05) is 26.7 Å². The van der Waals surface area contributed by atoms with E-state index in [1.165, 1.54) is 6.33 Å². The summed E-state index contributed by atoms with van der Waals surface area (Å²) >= 11 is 0. The Hall–Kier alpha value is -1.63. The first-order valence-electron chi connectivity index (χ1n) is 6.04. The first kappa shape index (κ1) is 14.4. The summed E-state index contributed by atoms with van der Waals surface area (Å²) in [6, 6.07) is 0.201. The Labute approximate surface area is 108 Å². The van der Waals surface area contributed by atoms with Gasteiger partial charge >= 0.3 is 0 Å². The van der Waals surface area contributed by atoms with E-state index in [9.17, 15) is 0 Å². The molecule has 1 aromatic heterocycles. The highest BCUT2D eigenvalue weighted by Crippen LogP contribution is 1.93. The molecule has 0 fully saturated rings. The SMILES string of the molecule is CCNC(=NCc1ncnn1C)NC(C)COC. The predicted octanol–water partition coefficient (Wildman–Crippen LogP) is -0.0949. The smallest absolute Gasteiger partial charge is 0.191 e. The Bertz CT molecular complexity index is 375. The first-order chi connectivity index (χ1) is 8.67. The number of guanidine groups is 1. The highest BCUT2D eigenvalue weighted by Gasteiger charge is 2.05. The number of methoxy groups -OCH3 is 1. The summed E-state index contributed by atoms with van der Waals surface area (Å²) in [5.74, 6) is 1.58. The molecule has 7 nitrogen and oxygen atoms in total. The molecular formula is C11H22N6O. The largest absolute Gasteiger partial charge is 0.383 e. The van der Waals surface area contributed by atoms with Crippen molar-refractivity contribution in [2.45, 2.75) is 26.4 Å². The van der Waals surface area contributed by atoms with E-state index in [-0.39, 0.29) is 6.04 Å². The van der Waals surface area contributed by atoms with E-state index in [0.29, 0.717) is 13.2 Å². The van der Waals surface area contributed by atoms with Crippen molar-refractivity contribution in [1.82, 2.24) is 25.4 Å². The van der Waals surface area contributed by atoms with Gasteiger partial charge in [-0.2, -0.15) is 5.10 Å². The van der Waals surface area contributed by atoms with Gasteiger partial charge in [0.2, 0.25) is 0 Å². The predicted molar refractivity (Wildman–Crippen MR) is 70.3 cm³/mol. The standard InChI is InChI=1S/C11H22N6O/c1-5-12-11(16-9(2)7-18-4)13-6-10-14-8-15-17(10)3/h8-9H,5-7H2,1-4H3,(H2,12,13,16). The number of nitrogens with one attached hydrogen (secondary N) is 2. The van der Waals surface area contributed by atoms with Crippen LogP contribution < -0.4 is 10.6 Å². The van der Waals surface area contributed by atoms with Crippen molar-refractivity contribution in [2.75, 3.05) is 20.3 Å². The van der Waals surface area contributed by atoms with Crippen LogP contribution in [0, 0.1) is 0 Å². The zero-order valence-corrected chi connectivity index (χ0v) is 11.5. The molecule has 0 amide bonds. The van der Waals surface area contributed by atoms with Crippen LogP contribution in [0.15, 0.2) is 11.3 Å². The zero-order chi connectivity index (χ0) is 13.4. The molecule has 2 N–H and O–H groups in total. The van der Waals surface area contributed by atoms with Gasteiger partial charge in [0.05, 0.1) is 6.61 Å². The van der Waals surface area contributed by atoms with Gasteiger partial charge in [-0.25, -0.2) is 9.98 Å². The van der Waals surface area contributed by atoms with Crippen LogP contribution in [0.2, 0.25) is 0 Å². The monoisotopic (exact) mass is 254 g/mol. The lowest BCUT2D eigenvalue weighted by Crippen LogP contribution is -2.44. The average Bonchev–Trinajstić information content (AvgIpc) is 2.72. The minimum Gasteiger partial charge on any atom is -0.383 e. The summed E-state index contributed by atoms with van der Waals surface area (Å²) in [4.78, 5) is 8.58. The summed E-state index contributed by atoms with van der Waals surface area (Å²) in [7, 11) is 3.54. The summed E-state index contributed by atoms with van der Waals surface area (Å²) in [6.07, 6.45) is 1.53. The van der Waals surface area contributed by atoms with E-state index in [1.54, 1.807) is 11.8 Å². The molecule has 0 aliphatic rings. The highest BCUT2D eigenvalue weighted by molar-refractivity contribution is 5.79. The lowest BCUT2D eigenvalue weighted by atomic mass is 10.4. The van der Waals surface area contributed by atoms with Crippen molar-refractivity contribution in [3.05, 3.63) is 12.2 Å². The third-order valence-electron chi connectivity index (χ3n) is 2.33. The molecule has 0 bridgehead atoms. The maximum Gasteiger partial charge on any atom is 0.191 e. The number of hydrogen-bond donors (Lipinski definition) is 2. The van der Waals surface area contributed by atoms with Crippen LogP contribution in [0.1, 0.15) is 19.7 Å². The molecule has 0 saturated carbocycles. The van der Waals surface area contributed by atoms with Gasteiger partial charge in [-0.05, 0) is 13.8 Å². The van der Waals surface area contributed by atoms with Gasteiger partial charge < -0.3 is 15.4 Å². The second-order valence-corrected chi connectivity index (χ2v) is 4.00. The molecule has 18 heavy (non-hydrogen) atoms. The van der Waals surface area contributed by atoms with E-state index in [0.717, 1.165) is 18.3 Å². The lowest BCUT2D eigenvalue weighted by molar-refractivity contribution is 0.179. The second-order valence-electron chi connectivity index (χ2n) is 4.00. The summed E-state index contributed by atoms with van der Waals surface area (Å²) in [5, 5.41) is 10.4. The van der Waals surface area contributed by atoms with E-state index in [1.807, 2.05) is 20.9 Å². The number of rotatable bonds is 6. The van der Waals surface area contributed by atoms with E-state index in [4.69, 9.17) is 4.74 Å². The average molecular weight is 254 g/mol. The minimum absolute atomic E-state index is 0.201. The summed E-state index contributed by atoms with van der Waals surface area (Å²) in [6.45, 7) is 6.00. The quantitative estimate of drug-likeness (QED) is 0.548. The van der Waals surface area contributed by atoms with Crippen molar-refractivity contribution < 1.29 is 4.74 Å². The topological polar surface area (TPSA) is 76.4 Å². The van der Waals surface area contributed by atoms with Crippen molar-refractivity contribution in [2.24, 2.45) is 12.0 Å². The number of nitrogens with zero attached hydrogens (tertiary/aromatic N) is 4. The Kier molecular flexibility index (Phi) is 6.13. The first-order valence-corrected chi connectivity index (χ1v) is 6.04. The van der Waals surface area contributed by atoms with Crippen LogP contribution in [0.4, 0.5) is 0 Å². The molecule has 0 saturated heterocycles. The molecule has 0 aromatic carbocycles. The van der Waals surface area contributed by atoms with Crippen molar-refractivity contribution in [3.8, 4) is 0 Å². The van der Waals surface area contributed by atoms with Gasteiger partial charge in [0.1, 0.15) is 18.7 Å². The van der Waals surface area contributed by atoms with Crippen LogP contribution in [0.5, 0.6) is 0 Å². The lowest BCUT2D eigenvalue weighted by Gasteiger charge is -2.16. The Balaban J connectivity index is 2.57. The third kappa shape index (κ3) is 4.70. The molecule has 1 aromatic rings. The zero-order valence-electron chi connectivity index (χ0n) is 11.5. The van der Waals surface area contributed by atoms with Gasteiger partial charge in [0.15, 0.2) is 5.96 Å². The van der Waals surface area contributed by atoms with Crippen LogP contribution in [-0.2, 0) is 18.3 Å². The van der Waals surface area contributed by atoms with E-state index >= 15 is 0 Å². The molecule has 102 valence electrons. The molecule has 1 rings (SSSR count). The molecular weight excluding hydrogens is 232 g/mol. The van der Waals surface area contributed by atoms with Crippen LogP contribution >= 0.6 is 0 Å². The van der Waals surface area contributed by atoms with Crippen LogP contribution in [-0.4, -0.2) is 47.0 Å². The molecule has 1 atom stereocenters. The molecule has 0 aliphatic heterocycles. The molecule has 0 radical (unpaired) electrons. The van der Waals surface area contributed by atoms with Gasteiger partial charge in [-0.1, -0.05) is 0 Å². The number of aromatic nitrogens is 3. The maximum absolute atomic E-state index is 5.08. The summed E-state index contributed by atoms with van der Waals surface area (Å²) < 4.78 is 6.79. The fourth-order valence-electron chi connectivity index (χ4n) is 1.46. The molecule has 1 heterocycles.